The van der Waals surface area contributed by atoms with Crippen LogP contribution in [0.1, 0.15) is 36.5 Å². The number of aromatic nitrogens is 2. The topological polar surface area (TPSA) is 71.1 Å². The molecule has 0 radical (unpaired) electrons. The van der Waals surface area contributed by atoms with Gasteiger partial charge in [0, 0.05) is 30.6 Å². The van der Waals surface area contributed by atoms with Gasteiger partial charge >= 0.3 is 21.1 Å². The Morgan fingerprint density at radius 3 is 1.80 bits per heavy atom. The zero-order valence-corrected chi connectivity index (χ0v) is 24.6. The first-order valence-corrected chi connectivity index (χ1v) is 13.2. The van der Waals surface area contributed by atoms with Crippen LogP contribution in [-0.4, -0.2) is 38.0 Å². The summed E-state index contributed by atoms with van der Waals surface area (Å²) < 4.78 is 0. The van der Waals surface area contributed by atoms with E-state index in [0.29, 0.717) is 23.3 Å². The molecule has 0 atom stereocenters. The van der Waals surface area contributed by atoms with E-state index in [-0.39, 0.29) is 21.1 Å². The summed E-state index contributed by atoms with van der Waals surface area (Å²) in [7, 11) is 0. The van der Waals surface area contributed by atoms with Gasteiger partial charge in [0.15, 0.2) is 0 Å². The molecule has 4 heterocycles. The van der Waals surface area contributed by atoms with Crippen molar-refractivity contribution >= 4 is 23.3 Å². The Hall–Kier alpha value is -4.09. The molecule has 2 aromatic carbocycles. The normalized spacial score (nSPS) is 15.3. The van der Waals surface area contributed by atoms with Gasteiger partial charge in [-0.05, 0) is 66.3 Å². The summed E-state index contributed by atoms with van der Waals surface area (Å²) in [5.74, 6) is 2.49. The number of hydrogen-bond acceptors (Lipinski definition) is 6. The summed E-state index contributed by atoms with van der Waals surface area (Å²) in [6.07, 6.45) is 10.2. The largest absolute Gasteiger partial charge is 2.00 e. The molecule has 2 aliphatic rings. The SMILES string of the molecule is CCCCN1C=CN(Cc2ccccc2)[CH-]1.[Pt+2].c1ccc(/N=C2\[N-]/C(=N\c3ccccn3)c3ccccc32)nc1. The first-order chi connectivity index (χ1) is 19.3. The number of rotatable bonds is 7. The van der Waals surface area contributed by atoms with Crippen LogP contribution < -0.4 is 0 Å². The smallest absolute Gasteiger partial charge is 0.508 e. The fourth-order valence-electron chi connectivity index (χ4n) is 4.12. The quantitative estimate of drug-likeness (QED) is 0.190. The van der Waals surface area contributed by atoms with Gasteiger partial charge in [-0.25, -0.2) is 0 Å². The molecule has 4 aromatic rings. The Morgan fingerprint density at radius 1 is 0.700 bits per heavy atom. The van der Waals surface area contributed by atoms with Crippen molar-refractivity contribution in [1.29, 1.82) is 0 Å². The molecule has 40 heavy (non-hydrogen) atoms. The summed E-state index contributed by atoms with van der Waals surface area (Å²) in [6, 6.07) is 29.7. The van der Waals surface area contributed by atoms with Gasteiger partial charge in [-0.1, -0.05) is 80.1 Å². The third-order valence-electron chi connectivity index (χ3n) is 6.08. The second kappa shape index (κ2) is 14.9. The zero-order chi connectivity index (χ0) is 26.7. The number of amidine groups is 2. The van der Waals surface area contributed by atoms with Crippen molar-refractivity contribution in [2.75, 3.05) is 6.54 Å². The fraction of sp³-hybridized carbons (Fsp3) is 0.156. The molecule has 204 valence electrons. The van der Waals surface area contributed by atoms with E-state index in [0.717, 1.165) is 24.2 Å². The van der Waals surface area contributed by atoms with Gasteiger partial charge in [-0.15, -0.1) is 0 Å². The Bertz CT molecular complexity index is 1350. The van der Waals surface area contributed by atoms with Crippen LogP contribution in [0.2, 0.25) is 0 Å². The molecule has 0 bridgehead atoms. The summed E-state index contributed by atoms with van der Waals surface area (Å²) in [4.78, 5) is 22.0. The van der Waals surface area contributed by atoms with E-state index in [1.54, 1.807) is 12.4 Å². The van der Waals surface area contributed by atoms with Gasteiger partial charge in [0.1, 0.15) is 0 Å². The minimum absolute atomic E-state index is 0. The van der Waals surface area contributed by atoms with Crippen LogP contribution in [0.4, 0.5) is 11.6 Å². The van der Waals surface area contributed by atoms with Crippen LogP contribution in [0.5, 0.6) is 0 Å². The first-order valence-electron chi connectivity index (χ1n) is 13.2. The van der Waals surface area contributed by atoms with Gasteiger partial charge in [-0.2, -0.15) is 6.67 Å². The first kappa shape index (κ1) is 28.9. The third-order valence-corrected chi connectivity index (χ3v) is 6.08. The Labute approximate surface area is 250 Å². The van der Waals surface area contributed by atoms with Crippen LogP contribution in [0.15, 0.2) is 126 Å². The maximum Gasteiger partial charge on any atom is 2.00 e. The van der Waals surface area contributed by atoms with Gasteiger partial charge in [0.25, 0.3) is 0 Å². The number of fused-ring (bicyclic) bond motifs is 1. The van der Waals surface area contributed by atoms with Crippen molar-refractivity contribution < 1.29 is 21.1 Å². The number of pyridine rings is 2. The molecule has 0 saturated heterocycles. The minimum Gasteiger partial charge on any atom is -0.508 e. The average molecular weight is 709 g/mol. The van der Waals surface area contributed by atoms with Crippen molar-refractivity contribution in [3.05, 3.63) is 144 Å². The summed E-state index contributed by atoms with van der Waals surface area (Å²) in [5.41, 5.74) is 3.25. The number of unbranched alkanes of at least 4 members (excludes halogenated alkanes) is 1. The number of hydrogen-bond donors (Lipinski definition) is 0. The van der Waals surface area contributed by atoms with Crippen LogP contribution in [0.25, 0.3) is 5.32 Å². The third kappa shape index (κ3) is 7.96. The standard InChI is InChI=1S/C18H12N5.C14H19N2.Pt/c1-2-8-14-13(7-1)17(21-15-9-3-5-11-19-15)23-18(14)22-16-10-4-6-12-20-16;1-2-3-9-15-10-11-16(13-15)12-14-7-5-4-6-8-14;/h1-12H;4-8,10-11,13H,2-3,9,12H2,1H3;/q2*-1;+2. The van der Waals surface area contributed by atoms with Gasteiger partial charge in [-0.3, -0.25) is 9.97 Å². The molecule has 8 heteroatoms. The molecule has 6 rings (SSSR count). The predicted molar refractivity (Wildman–Crippen MR) is 158 cm³/mol. The maximum atomic E-state index is 4.57. The van der Waals surface area contributed by atoms with Crippen molar-refractivity contribution in [1.82, 2.24) is 19.8 Å². The zero-order valence-electron chi connectivity index (χ0n) is 22.3. The fourth-order valence-corrected chi connectivity index (χ4v) is 4.12. The molecule has 0 aliphatic carbocycles. The molecule has 0 fully saturated rings. The van der Waals surface area contributed by atoms with Crippen LogP contribution in [0, 0.1) is 6.67 Å². The molecule has 7 nitrogen and oxygen atoms in total. The predicted octanol–water partition coefficient (Wildman–Crippen LogP) is 7.21. The molecule has 0 saturated carbocycles. The van der Waals surface area contributed by atoms with E-state index in [1.165, 1.54) is 18.4 Å². The molecule has 0 unspecified atom stereocenters. The molecule has 2 aromatic heterocycles. The molecule has 2 aliphatic heterocycles. The Balaban J connectivity index is 0.000000192. The van der Waals surface area contributed by atoms with Crippen molar-refractivity contribution in [3.8, 4) is 0 Å². The second-order valence-corrected chi connectivity index (χ2v) is 9.07. The van der Waals surface area contributed by atoms with E-state index in [1.807, 2.05) is 60.7 Å². The Morgan fingerprint density at radius 2 is 1.25 bits per heavy atom. The minimum atomic E-state index is 0. The second-order valence-electron chi connectivity index (χ2n) is 9.07. The Kier molecular flexibility index (Phi) is 10.8. The maximum absolute atomic E-state index is 4.57. The summed E-state index contributed by atoms with van der Waals surface area (Å²) >= 11 is 0. The molecular formula is C32H31N7Pt. The van der Waals surface area contributed by atoms with Crippen LogP contribution in [0.3, 0.4) is 0 Å². The van der Waals surface area contributed by atoms with E-state index in [2.05, 4.69) is 91.4 Å². The molecule has 0 amide bonds. The van der Waals surface area contributed by atoms with Crippen LogP contribution in [-0.2, 0) is 27.6 Å². The summed E-state index contributed by atoms with van der Waals surface area (Å²) in [5, 5.41) is 4.57. The molecular weight excluding hydrogens is 677 g/mol. The van der Waals surface area contributed by atoms with Crippen molar-refractivity contribution in [2.24, 2.45) is 9.98 Å². The van der Waals surface area contributed by atoms with E-state index >= 15 is 0 Å². The van der Waals surface area contributed by atoms with E-state index < -0.39 is 0 Å². The number of nitrogens with zero attached hydrogens (tertiary/aromatic N) is 7. The van der Waals surface area contributed by atoms with Crippen molar-refractivity contribution in [2.45, 2.75) is 26.3 Å². The van der Waals surface area contributed by atoms with E-state index in [9.17, 15) is 0 Å². The van der Waals surface area contributed by atoms with E-state index in [4.69, 9.17) is 0 Å². The molecule has 0 spiro atoms. The summed E-state index contributed by atoms with van der Waals surface area (Å²) in [6.45, 7) is 6.49. The number of benzene rings is 2. The van der Waals surface area contributed by atoms with Crippen LogP contribution >= 0.6 is 0 Å². The average Bonchev–Trinajstić information content (AvgIpc) is 3.58. The van der Waals surface area contributed by atoms with Gasteiger partial charge in [0.2, 0.25) is 0 Å². The molecule has 0 N–H and O–H groups in total. The monoisotopic (exact) mass is 708 g/mol. The van der Waals surface area contributed by atoms with Gasteiger partial charge < -0.3 is 25.1 Å². The van der Waals surface area contributed by atoms with Gasteiger partial charge in [0.05, 0.1) is 11.6 Å². The van der Waals surface area contributed by atoms with Crippen molar-refractivity contribution in [3.63, 3.8) is 0 Å². The number of aliphatic imine (C=N–C) groups is 2.